The van der Waals surface area contributed by atoms with Crippen LogP contribution in [0, 0.1) is 0 Å². The summed E-state index contributed by atoms with van der Waals surface area (Å²) in [6.45, 7) is 0. The molecule has 0 bridgehead atoms. The Morgan fingerprint density at radius 3 is 2.94 bits per heavy atom. The van der Waals surface area contributed by atoms with E-state index in [0.717, 1.165) is 17.9 Å². The highest BCUT2D eigenvalue weighted by Gasteiger charge is 2.31. The largest absolute Gasteiger partial charge is 0.398 e. The van der Waals surface area contributed by atoms with Crippen LogP contribution in [0.2, 0.25) is 0 Å². The Bertz CT molecular complexity index is 498. The first-order chi connectivity index (χ1) is 8.03. The number of nitrogens with two attached hydrogens (primary N) is 1. The van der Waals surface area contributed by atoms with E-state index < -0.39 is 10.0 Å². The van der Waals surface area contributed by atoms with E-state index in [1.54, 1.807) is 18.8 Å². The summed E-state index contributed by atoms with van der Waals surface area (Å²) in [5, 5.41) is 0. The van der Waals surface area contributed by atoms with E-state index in [1.165, 1.54) is 22.8 Å². The second-order valence-corrected chi connectivity index (χ2v) is 7.07. The maximum atomic E-state index is 12.3. The van der Waals surface area contributed by atoms with Crippen LogP contribution in [-0.4, -0.2) is 42.3 Å². The number of sulfonamides is 1. The van der Waals surface area contributed by atoms with Crippen LogP contribution in [0.1, 0.15) is 6.42 Å². The van der Waals surface area contributed by atoms with Crippen LogP contribution < -0.4 is 5.73 Å². The third kappa shape index (κ3) is 2.41. The second kappa shape index (κ2) is 4.83. The molecule has 7 heteroatoms. The van der Waals surface area contributed by atoms with E-state index in [0.29, 0.717) is 0 Å². The lowest BCUT2D eigenvalue weighted by molar-refractivity contribution is 0.394. The van der Waals surface area contributed by atoms with Gasteiger partial charge in [-0.3, -0.25) is 4.98 Å². The quantitative estimate of drug-likeness (QED) is 0.881. The number of rotatable bonds is 3. The summed E-state index contributed by atoms with van der Waals surface area (Å²) in [4.78, 5) is 3.93. The molecule has 1 atom stereocenters. The van der Waals surface area contributed by atoms with E-state index in [2.05, 4.69) is 4.98 Å². The van der Waals surface area contributed by atoms with Gasteiger partial charge >= 0.3 is 0 Å². The average molecular weight is 273 g/mol. The Hall–Kier alpha value is -0.790. The fraction of sp³-hybridized carbons (Fsp3) is 0.500. The molecule has 2 N–H and O–H groups in total. The molecule has 0 aromatic carbocycles. The molecule has 0 aliphatic carbocycles. The van der Waals surface area contributed by atoms with Gasteiger partial charge in [-0.15, -0.1) is 0 Å². The van der Waals surface area contributed by atoms with Gasteiger partial charge in [0, 0.05) is 31.2 Å². The number of hydrogen-bond donors (Lipinski definition) is 1. The zero-order chi connectivity index (χ0) is 12.5. The highest BCUT2D eigenvalue weighted by molar-refractivity contribution is 7.99. The third-order valence-corrected chi connectivity index (χ3v) is 5.99. The molecule has 0 radical (unpaired) electrons. The number of thioether (sulfide) groups is 1. The van der Waals surface area contributed by atoms with Crippen molar-refractivity contribution in [2.75, 3.05) is 24.3 Å². The van der Waals surface area contributed by atoms with Crippen molar-refractivity contribution < 1.29 is 8.42 Å². The minimum Gasteiger partial charge on any atom is -0.398 e. The summed E-state index contributed by atoms with van der Waals surface area (Å²) < 4.78 is 26.1. The molecule has 94 valence electrons. The Morgan fingerprint density at radius 2 is 2.35 bits per heavy atom. The van der Waals surface area contributed by atoms with Crippen molar-refractivity contribution in [2.45, 2.75) is 17.4 Å². The van der Waals surface area contributed by atoms with Gasteiger partial charge in [0.15, 0.2) is 0 Å². The molecule has 1 saturated heterocycles. The van der Waals surface area contributed by atoms with Crippen molar-refractivity contribution in [3.05, 3.63) is 18.5 Å². The van der Waals surface area contributed by atoms with E-state index >= 15 is 0 Å². The van der Waals surface area contributed by atoms with Crippen molar-refractivity contribution in [1.29, 1.82) is 0 Å². The zero-order valence-electron chi connectivity index (χ0n) is 9.54. The van der Waals surface area contributed by atoms with Gasteiger partial charge in [-0.25, -0.2) is 8.42 Å². The number of hydrogen-bond acceptors (Lipinski definition) is 5. The van der Waals surface area contributed by atoms with Crippen LogP contribution in [0.15, 0.2) is 23.4 Å². The minimum absolute atomic E-state index is 0.0598. The molecule has 2 rings (SSSR count). The molecule has 1 fully saturated rings. The Balaban J connectivity index is 2.33. The van der Waals surface area contributed by atoms with E-state index in [1.807, 2.05) is 0 Å². The molecule has 2 heterocycles. The molecule has 0 spiro atoms. The first-order valence-electron chi connectivity index (χ1n) is 5.29. The summed E-state index contributed by atoms with van der Waals surface area (Å²) in [5.41, 5.74) is 5.94. The smallest absolute Gasteiger partial charge is 0.246 e. The predicted octanol–water partition coefficient (Wildman–Crippen LogP) is 0.790. The standard InChI is InChI=1S/C10H15N3O2S2/c1-13(8-3-5-16-7-8)17(14,15)10-6-12-4-2-9(10)11/h2,4,6,8H,3,5,7H2,1H3,(H2,11,12). The van der Waals surface area contributed by atoms with Crippen molar-refractivity contribution in [3.8, 4) is 0 Å². The molecular formula is C10H15N3O2S2. The Labute approximate surface area is 105 Å². The second-order valence-electron chi connectivity index (χ2n) is 3.95. The molecule has 5 nitrogen and oxygen atoms in total. The predicted molar refractivity (Wildman–Crippen MR) is 69.3 cm³/mol. The lowest BCUT2D eigenvalue weighted by Gasteiger charge is -2.23. The lowest BCUT2D eigenvalue weighted by atomic mass is 10.3. The molecule has 17 heavy (non-hydrogen) atoms. The zero-order valence-corrected chi connectivity index (χ0v) is 11.2. The topological polar surface area (TPSA) is 76.3 Å². The minimum atomic E-state index is -3.52. The number of nitrogens with zero attached hydrogens (tertiary/aromatic N) is 2. The highest BCUT2D eigenvalue weighted by Crippen LogP contribution is 2.27. The molecule has 0 saturated carbocycles. The first-order valence-corrected chi connectivity index (χ1v) is 7.88. The maximum absolute atomic E-state index is 12.3. The summed E-state index contributed by atoms with van der Waals surface area (Å²) in [7, 11) is -1.91. The van der Waals surface area contributed by atoms with E-state index in [-0.39, 0.29) is 16.6 Å². The number of aromatic nitrogens is 1. The summed E-state index contributed by atoms with van der Waals surface area (Å²) in [5.74, 6) is 1.85. The number of pyridine rings is 1. The SMILES string of the molecule is CN(C1CCSC1)S(=O)(=O)c1cnccc1N. The van der Waals surface area contributed by atoms with Gasteiger partial charge in [0.05, 0.1) is 5.69 Å². The van der Waals surface area contributed by atoms with Crippen molar-refractivity contribution in [2.24, 2.45) is 0 Å². The Morgan fingerprint density at radius 1 is 1.59 bits per heavy atom. The monoisotopic (exact) mass is 273 g/mol. The third-order valence-electron chi connectivity index (χ3n) is 2.89. The maximum Gasteiger partial charge on any atom is 0.246 e. The Kier molecular flexibility index (Phi) is 3.60. The van der Waals surface area contributed by atoms with Crippen LogP contribution in [-0.2, 0) is 10.0 Å². The van der Waals surface area contributed by atoms with Gasteiger partial charge in [-0.2, -0.15) is 16.1 Å². The molecular weight excluding hydrogens is 258 g/mol. The fourth-order valence-electron chi connectivity index (χ4n) is 1.77. The van der Waals surface area contributed by atoms with Crippen LogP contribution in [0.3, 0.4) is 0 Å². The molecule has 1 aromatic heterocycles. The average Bonchev–Trinajstić information content (AvgIpc) is 2.81. The molecule has 1 aliphatic heterocycles. The number of anilines is 1. The normalized spacial score (nSPS) is 20.9. The summed E-state index contributed by atoms with van der Waals surface area (Å²) in [6.07, 6.45) is 3.68. The van der Waals surface area contributed by atoms with Crippen molar-refractivity contribution in [3.63, 3.8) is 0 Å². The van der Waals surface area contributed by atoms with Gasteiger partial charge in [-0.05, 0) is 18.2 Å². The van der Waals surface area contributed by atoms with Crippen LogP contribution in [0.4, 0.5) is 5.69 Å². The van der Waals surface area contributed by atoms with Gasteiger partial charge in [0.25, 0.3) is 0 Å². The number of nitrogen functional groups attached to an aromatic ring is 1. The summed E-state index contributed by atoms with van der Waals surface area (Å²) in [6, 6.07) is 1.56. The van der Waals surface area contributed by atoms with E-state index in [4.69, 9.17) is 5.73 Å². The van der Waals surface area contributed by atoms with Crippen molar-refractivity contribution >= 4 is 27.5 Å². The van der Waals surface area contributed by atoms with Gasteiger partial charge in [0.2, 0.25) is 10.0 Å². The lowest BCUT2D eigenvalue weighted by Crippen LogP contribution is -2.37. The fourth-order valence-corrected chi connectivity index (χ4v) is 4.57. The molecule has 0 amide bonds. The highest BCUT2D eigenvalue weighted by atomic mass is 32.2. The molecule has 1 unspecified atom stereocenters. The molecule has 1 aromatic rings. The van der Waals surface area contributed by atoms with Gasteiger partial charge < -0.3 is 5.73 Å². The van der Waals surface area contributed by atoms with Crippen LogP contribution >= 0.6 is 11.8 Å². The van der Waals surface area contributed by atoms with Crippen LogP contribution in [0.5, 0.6) is 0 Å². The van der Waals surface area contributed by atoms with Crippen LogP contribution in [0.25, 0.3) is 0 Å². The molecule has 1 aliphatic rings. The van der Waals surface area contributed by atoms with E-state index in [9.17, 15) is 8.42 Å². The summed E-state index contributed by atoms with van der Waals surface area (Å²) >= 11 is 1.77. The van der Waals surface area contributed by atoms with Crippen molar-refractivity contribution in [1.82, 2.24) is 9.29 Å². The first kappa shape index (κ1) is 12.7. The van der Waals surface area contributed by atoms with Gasteiger partial charge in [-0.1, -0.05) is 0 Å². The van der Waals surface area contributed by atoms with Gasteiger partial charge in [0.1, 0.15) is 4.90 Å².